The minimum Gasteiger partial charge on any atom is -0.495 e. The summed E-state index contributed by atoms with van der Waals surface area (Å²) in [5, 5.41) is 8.89. The summed E-state index contributed by atoms with van der Waals surface area (Å²) in [5.41, 5.74) is 6.02. The molecule has 1 heterocycles. The first-order valence-corrected chi connectivity index (χ1v) is 8.25. The van der Waals surface area contributed by atoms with E-state index in [-0.39, 0.29) is 29.0 Å². The van der Waals surface area contributed by atoms with Crippen molar-refractivity contribution < 1.29 is 13.2 Å². The lowest BCUT2D eigenvalue weighted by atomic mass is 10.0. The summed E-state index contributed by atoms with van der Waals surface area (Å²) >= 11 is 0. The molecular formula is C14H20ClN3O3S. The molecule has 1 aliphatic rings. The fourth-order valence-corrected chi connectivity index (χ4v) is 4.22. The summed E-state index contributed by atoms with van der Waals surface area (Å²) in [5.74, 6) is 0.391. The van der Waals surface area contributed by atoms with Crippen LogP contribution in [0.25, 0.3) is 0 Å². The van der Waals surface area contributed by atoms with Crippen molar-refractivity contribution in [1.29, 1.82) is 5.26 Å². The van der Waals surface area contributed by atoms with E-state index in [1.54, 1.807) is 0 Å². The Bertz CT molecular complexity index is 658. The highest BCUT2D eigenvalue weighted by molar-refractivity contribution is 7.89. The van der Waals surface area contributed by atoms with E-state index in [0.29, 0.717) is 25.2 Å². The lowest BCUT2D eigenvalue weighted by Crippen LogP contribution is -2.42. The number of nitriles is 1. The van der Waals surface area contributed by atoms with Crippen molar-refractivity contribution >= 4 is 22.4 Å². The largest absolute Gasteiger partial charge is 0.495 e. The van der Waals surface area contributed by atoms with Crippen molar-refractivity contribution in [2.45, 2.75) is 17.7 Å². The molecule has 0 radical (unpaired) electrons. The number of nitrogens with two attached hydrogens (primary N) is 1. The predicted molar refractivity (Wildman–Crippen MR) is 85.5 cm³/mol. The monoisotopic (exact) mass is 345 g/mol. The van der Waals surface area contributed by atoms with Crippen LogP contribution in [0, 0.1) is 17.2 Å². The zero-order chi connectivity index (χ0) is 15.5. The van der Waals surface area contributed by atoms with E-state index in [2.05, 4.69) is 0 Å². The number of sulfonamides is 1. The molecule has 22 heavy (non-hydrogen) atoms. The van der Waals surface area contributed by atoms with Crippen molar-refractivity contribution in [3.8, 4) is 11.8 Å². The lowest BCUT2D eigenvalue weighted by molar-refractivity contribution is 0.270. The molecule has 2 N–H and O–H groups in total. The standard InChI is InChI=1S/C14H19N3O3S.ClH/c1-20-13-7-11(8-15)4-5-14(13)21(18,19)17-6-2-3-12(9-16)10-17;/h4-5,7,12H,2-3,6,9-10,16H2,1H3;1H. The van der Waals surface area contributed by atoms with Crippen LogP contribution in [0.5, 0.6) is 5.75 Å². The molecule has 0 amide bonds. The molecular weight excluding hydrogens is 326 g/mol. The van der Waals surface area contributed by atoms with Gasteiger partial charge in [-0.3, -0.25) is 0 Å². The van der Waals surface area contributed by atoms with Crippen molar-refractivity contribution in [2.75, 3.05) is 26.7 Å². The Morgan fingerprint density at radius 2 is 2.23 bits per heavy atom. The Labute approximate surface area is 137 Å². The van der Waals surface area contributed by atoms with Crippen LogP contribution in [0.4, 0.5) is 0 Å². The average molecular weight is 346 g/mol. The van der Waals surface area contributed by atoms with Crippen LogP contribution in [0.3, 0.4) is 0 Å². The molecule has 1 saturated heterocycles. The van der Waals surface area contributed by atoms with E-state index in [9.17, 15) is 8.42 Å². The van der Waals surface area contributed by atoms with Gasteiger partial charge in [0.25, 0.3) is 0 Å². The maximum absolute atomic E-state index is 12.8. The van der Waals surface area contributed by atoms with Gasteiger partial charge in [0.1, 0.15) is 10.6 Å². The molecule has 1 aliphatic heterocycles. The SMILES string of the molecule is COc1cc(C#N)ccc1S(=O)(=O)N1CCCC(CN)C1.Cl. The summed E-state index contributed by atoms with van der Waals surface area (Å²) in [6, 6.07) is 6.33. The van der Waals surface area contributed by atoms with Crippen LogP contribution >= 0.6 is 12.4 Å². The summed E-state index contributed by atoms with van der Waals surface area (Å²) in [7, 11) is -2.23. The van der Waals surface area contributed by atoms with Gasteiger partial charge in [-0.05, 0) is 43.5 Å². The highest BCUT2D eigenvalue weighted by atomic mass is 35.5. The Balaban J connectivity index is 0.00000242. The van der Waals surface area contributed by atoms with Crippen LogP contribution in [-0.2, 0) is 10.0 Å². The van der Waals surface area contributed by atoms with Gasteiger partial charge in [-0.2, -0.15) is 9.57 Å². The molecule has 1 aromatic carbocycles. The van der Waals surface area contributed by atoms with Crippen LogP contribution in [-0.4, -0.2) is 39.5 Å². The number of piperidine rings is 1. The quantitative estimate of drug-likeness (QED) is 0.888. The third-order valence-electron chi connectivity index (χ3n) is 3.73. The Morgan fingerprint density at radius 3 is 2.82 bits per heavy atom. The smallest absolute Gasteiger partial charge is 0.246 e. The van der Waals surface area contributed by atoms with Gasteiger partial charge >= 0.3 is 0 Å². The number of hydrogen-bond donors (Lipinski definition) is 1. The number of halogens is 1. The average Bonchev–Trinajstić information content (AvgIpc) is 2.54. The molecule has 1 aromatic rings. The molecule has 1 unspecified atom stereocenters. The minimum absolute atomic E-state index is 0. The van der Waals surface area contributed by atoms with Crippen LogP contribution in [0.1, 0.15) is 18.4 Å². The third-order valence-corrected chi connectivity index (χ3v) is 5.63. The lowest BCUT2D eigenvalue weighted by Gasteiger charge is -2.31. The van der Waals surface area contributed by atoms with E-state index in [1.807, 2.05) is 6.07 Å². The molecule has 0 spiro atoms. The zero-order valence-electron chi connectivity index (χ0n) is 12.4. The van der Waals surface area contributed by atoms with Crippen molar-refractivity contribution in [1.82, 2.24) is 4.31 Å². The van der Waals surface area contributed by atoms with Gasteiger partial charge in [0.2, 0.25) is 10.0 Å². The zero-order valence-corrected chi connectivity index (χ0v) is 14.0. The second-order valence-electron chi connectivity index (χ2n) is 5.08. The molecule has 0 bridgehead atoms. The summed E-state index contributed by atoms with van der Waals surface area (Å²) in [6.45, 7) is 1.40. The first-order valence-electron chi connectivity index (χ1n) is 6.81. The molecule has 1 atom stereocenters. The number of benzene rings is 1. The highest BCUT2D eigenvalue weighted by Crippen LogP contribution is 2.30. The van der Waals surface area contributed by atoms with Gasteiger partial charge in [-0.15, -0.1) is 12.4 Å². The molecule has 6 nitrogen and oxygen atoms in total. The molecule has 2 rings (SSSR count). The number of methoxy groups -OCH3 is 1. The normalized spacial score (nSPS) is 19.0. The topological polar surface area (TPSA) is 96.4 Å². The van der Waals surface area contributed by atoms with Crippen molar-refractivity contribution in [3.05, 3.63) is 23.8 Å². The van der Waals surface area contributed by atoms with E-state index < -0.39 is 10.0 Å². The predicted octanol–water partition coefficient (Wildman–Crippen LogP) is 1.35. The molecule has 122 valence electrons. The van der Waals surface area contributed by atoms with Gasteiger partial charge in [-0.1, -0.05) is 0 Å². The van der Waals surface area contributed by atoms with E-state index in [1.165, 1.54) is 29.6 Å². The van der Waals surface area contributed by atoms with Crippen molar-refractivity contribution in [2.24, 2.45) is 11.7 Å². The molecule has 0 aromatic heterocycles. The maximum Gasteiger partial charge on any atom is 0.246 e. The number of hydrogen-bond acceptors (Lipinski definition) is 5. The Morgan fingerprint density at radius 1 is 1.50 bits per heavy atom. The number of rotatable bonds is 4. The Hall–Kier alpha value is -1.33. The second kappa shape index (κ2) is 7.79. The van der Waals surface area contributed by atoms with Gasteiger partial charge in [-0.25, -0.2) is 8.42 Å². The minimum atomic E-state index is -3.63. The maximum atomic E-state index is 12.8. The summed E-state index contributed by atoms with van der Waals surface area (Å²) < 4.78 is 32.1. The summed E-state index contributed by atoms with van der Waals surface area (Å²) in [6.07, 6.45) is 1.76. The van der Waals surface area contributed by atoms with Gasteiger partial charge in [0.15, 0.2) is 0 Å². The van der Waals surface area contributed by atoms with Crippen molar-refractivity contribution in [3.63, 3.8) is 0 Å². The van der Waals surface area contributed by atoms with E-state index >= 15 is 0 Å². The van der Waals surface area contributed by atoms with Gasteiger partial charge in [0, 0.05) is 13.1 Å². The van der Waals surface area contributed by atoms with Gasteiger partial charge in [0.05, 0.1) is 18.7 Å². The van der Waals surface area contributed by atoms with E-state index in [4.69, 9.17) is 15.7 Å². The molecule has 8 heteroatoms. The Kier molecular flexibility index (Phi) is 6.63. The number of nitrogens with zero attached hydrogens (tertiary/aromatic N) is 2. The van der Waals surface area contributed by atoms with Crippen LogP contribution in [0.15, 0.2) is 23.1 Å². The summed E-state index contributed by atoms with van der Waals surface area (Å²) in [4.78, 5) is 0.0988. The number of ether oxygens (including phenoxy) is 1. The second-order valence-corrected chi connectivity index (χ2v) is 6.99. The van der Waals surface area contributed by atoms with Crippen LogP contribution in [0.2, 0.25) is 0 Å². The van der Waals surface area contributed by atoms with Gasteiger partial charge < -0.3 is 10.5 Å². The molecule has 0 aliphatic carbocycles. The molecule has 0 saturated carbocycles. The van der Waals surface area contributed by atoms with Crippen LogP contribution < -0.4 is 10.5 Å². The highest BCUT2D eigenvalue weighted by Gasteiger charge is 2.31. The first-order chi connectivity index (χ1) is 10.0. The molecule has 1 fully saturated rings. The fraction of sp³-hybridized carbons (Fsp3) is 0.500. The third kappa shape index (κ3) is 3.70. The fourth-order valence-electron chi connectivity index (χ4n) is 2.53. The van der Waals surface area contributed by atoms with E-state index in [0.717, 1.165) is 12.8 Å². The first kappa shape index (κ1) is 18.7.